The van der Waals surface area contributed by atoms with Crippen LogP contribution in [0.15, 0.2) is 76.2 Å². The number of hydrogen-bond donors (Lipinski definition) is 0. The molecule has 1 aliphatic heterocycles. The van der Waals surface area contributed by atoms with E-state index in [0.717, 1.165) is 16.7 Å². The minimum Gasteiger partial charge on any atom is -0.200 e. The molecule has 1 unspecified atom stereocenters. The Labute approximate surface area is 149 Å². The molecular weight excluding hydrogens is 332 g/mol. The lowest BCUT2D eigenvalue weighted by atomic mass is 10.1. The Bertz CT molecular complexity index is 914. The fourth-order valence-electron chi connectivity index (χ4n) is 2.93. The molecule has 0 N–H and O–H groups in total. The van der Waals surface area contributed by atoms with Gasteiger partial charge >= 0.3 is 0 Å². The van der Waals surface area contributed by atoms with Crippen LogP contribution in [-0.2, 0) is 10.0 Å². The van der Waals surface area contributed by atoms with Crippen molar-refractivity contribution in [2.75, 3.05) is 0 Å². The highest BCUT2D eigenvalue weighted by molar-refractivity contribution is 7.89. The molecule has 0 bridgehead atoms. The highest BCUT2D eigenvalue weighted by atomic mass is 32.2. The van der Waals surface area contributed by atoms with Crippen molar-refractivity contribution in [2.45, 2.75) is 38.1 Å². The lowest BCUT2D eigenvalue weighted by molar-refractivity contribution is 0.351. The lowest BCUT2D eigenvalue weighted by Crippen LogP contribution is -2.34. The van der Waals surface area contributed by atoms with Crippen molar-refractivity contribution in [3.63, 3.8) is 0 Å². The van der Waals surface area contributed by atoms with Crippen LogP contribution in [0.5, 0.6) is 0 Å². The fraction of sp³-hybridized carbons (Fsp3) is 0.250. The van der Waals surface area contributed by atoms with E-state index in [1.54, 1.807) is 24.3 Å². The molecule has 2 aromatic rings. The quantitative estimate of drug-likeness (QED) is 0.832. The maximum atomic E-state index is 13.1. The highest BCUT2D eigenvalue weighted by Gasteiger charge is 2.30. The number of nitrogens with zero attached hydrogens (tertiary/aromatic N) is 2. The Morgan fingerprint density at radius 1 is 1.00 bits per heavy atom. The summed E-state index contributed by atoms with van der Waals surface area (Å²) in [6.45, 7) is 5.83. The third-order valence-electron chi connectivity index (χ3n) is 4.22. The number of allylic oxidation sites excluding steroid dienone is 1. The molecule has 0 spiro atoms. The Balaban J connectivity index is 2.09. The van der Waals surface area contributed by atoms with Crippen molar-refractivity contribution < 1.29 is 8.42 Å². The van der Waals surface area contributed by atoms with Gasteiger partial charge in [-0.15, -0.1) is 0 Å². The van der Waals surface area contributed by atoms with Crippen LogP contribution in [0.2, 0.25) is 0 Å². The number of hydrazone groups is 1. The van der Waals surface area contributed by atoms with Gasteiger partial charge in [0.2, 0.25) is 0 Å². The molecule has 130 valence electrons. The monoisotopic (exact) mass is 354 g/mol. The molecule has 2 aromatic carbocycles. The highest BCUT2D eigenvalue weighted by Crippen LogP contribution is 2.26. The molecular formula is C20H22N2O2S. The van der Waals surface area contributed by atoms with Crippen LogP contribution in [-0.4, -0.2) is 24.6 Å². The molecule has 0 saturated heterocycles. The molecule has 5 heteroatoms. The first-order chi connectivity index (χ1) is 11.9. The van der Waals surface area contributed by atoms with Crippen LogP contribution in [0.3, 0.4) is 0 Å². The minimum atomic E-state index is -3.70. The van der Waals surface area contributed by atoms with E-state index in [0.29, 0.717) is 12.1 Å². The van der Waals surface area contributed by atoms with Crippen LogP contribution in [0.25, 0.3) is 0 Å². The molecule has 0 aliphatic carbocycles. The molecule has 25 heavy (non-hydrogen) atoms. The smallest absolute Gasteiger partial charge is 0.200 e. The SMILES string of the molecule is CC1=CC(c2ccccc2)=NN(S(=O)(=O)c2ccc(C)cc2)C(C)C1. The molecule has 4 nitrogen and oxygen atoms in total. The van der Waals surface area contributed by atoms with E-state index < -0.39 is 10.0 Å². The van der Waals surface area contributed by atoms with Crippen LogP contribution < -0.4 is 0 Å². The topological polar surface area (TPSA) is 49.7 Å². The molecule has 0 saturated carbocycles. The van der Waals surface area contributed by atoms with E-state index in [-0.39, 0.29) is 10.9 Å². The molecule has 0 fully saturated rings. The molecule has 0 aromatic heterocycles. The molecule has 1 heterocycles. The molecule has 0 amide bonds. The van der Waals surface area contributed by atoms with Crippen molar-refractivity contribution >= 4 is 15.7 Å². The summed E-state index contributed by atoms with van der Waals surface area (Å²) < 4.78 is 27.5. The predicted octanol–water partition coefficient (Wildman–Crippen LogP) is 4.13. The van der Waals surface area contributed by atoms with Gasteiger partial charge in [-0.1, -0.05) is 53.6 Å². The van der Waals surface area contributed by atoms with Crippen LogP contribution in [0.4, 0.5) is 0 Å². The number of hydrogen-bond acceptors (Lipinski definition) is 3. The zero-order valence-electron chi connectivity index (χ0n) is 14.7. The van der Waals surface area contributed by atoms with Gasteiger partial charge in [-0.3, -0.25) is 0 Å². The Morgan fingerprint density at radius 2 is 1.64 bits per heavy atom. The normalized spacial score (nSPS) is 18.4. The third-order valence-corrected chi connectivity index (χ3v) is 6.02. The van der Waals surface area contributed by atoms with Gasteiger partial charge in [-0.25, -0.2) is 0 Å². The van der Waals surface area contributed by atoms with Crippen LogP contribution in [0, 0.1) is 6.92 Å². The average Bonchev–Trinajstić information content (AvgIpc) is 2.74. The molecule has 1 atom stereocenters. The molecule has 3 rings (SSSR count). The minimum absolute atomic E-state index is 0.247. The van der Waals surface area contributed by atoms with Crippen LogP contribution >= 0.6 is 0 Å². The Morgan fingerprint density at radius 3 is 2.28 bits per heavy atom. The van der Waals surface area contributed by atoms with E-state index in [1.165, 1.54) is 4.41 Å². The fourth-order valence-corrected chi connectivity index (χ4v) is 4.37. The average molecular weight is 354 g/mol. The van der Waals surface area contributed by atoms with Gasteiger partial charge in [0.1, 0.15) is 0 Å². The van der Waals surface area contributed by atoms with Crippen molar-refractivity contribution in [2.24, 2.45) is 5.10 Å². The first-order valence-corrected chi connectivity index (χ1v) is 9.74. The van der Waals surface area contributed by atoms with Gasteiger partial charge in [0.05, 0.1) is 16.6 Å². The van der Waals surface area contributed by atoms with Gasteiger partial charge in [-0.05, 0) is 45.4 Å². The van der Waals surface area contributed by atoms with Crippen molar-refractivity contribution in [3.8, 4) is 0 Å². The van der Waals surface area contributed by atoms with E-state index in [4.69, 9.17) is 0 Å². The third kappa shape index (κ3) is 3.66. The second-order valence-corrected chi connectivity index (χ2v) is 8.28. The first-order valence-electron chi connectivity index (χ1n) is 8.30. The van der Waals surface area contributed by atoms with Gasteiger partial charge in [-0.2, -0.15) is 17.9 Å². The summed E-state index contributed by atoms with van der Waals surface area (Å²) in [5.41, 5.74) is 3.70. The summed E-state index contributed by atoms with van der Waals surface area (Å²) in [5, 5.41) is 4.53. The Kier molecular flexibility index (Phi) is 4.77. The van der Waals surface area contributed by atoms with Gasteiger partial charge in [0.15, 0.2) is 0 Å². The number of sulfonamides is 1. The summed E-state index contributed by atoms with van der Waals surface area (Å²) in [7, 11) is -3.70. The first kappa shape index (κ1) is 17.4. The Hall–Kier alpha value is -2.40. The largest absolute Gasteiger partial charge is 0.279 e. The van der Waals surface area contributed by atoms with Crippen molar-refractivity contribution in [1.29, 1.82) is 0 Å². The zero-order valence-corrected chi connectivity index (χ0v) is 15.5. The second-order valence-electron chi connectivity index (χ2n) is 6.49. The summed E-state index contributed by atoms with van der Waals surface area (Å²) >= 11 is 0. The lowest BCUT2D eigenvalue weighted by Gasteiger charge is -2.25. The van der Waals surface area contributed by atoms with Gasteiger partial charge in [0, 0.05) is 5.56 Å². The van der Waals surface area contributed by atoms with E-state index in [2.05, 4.69) is 5.10 Å². The van der Waals surface area contributed by atoms with E-state index in [1.807, 2.05) is 57.2 Å². The van der Waals surface area contributed by atoms with E-state index in [9.17, 15) is 8.42 Å². The summed E-state index contributed by atoms with van der Waals surface area (Å²) in [4.78, 5) is 0.265. The summed E-state index contributed by atoms with van der Waals surface area (Å²) in [6.07, 6.45) is 2.61. The maximum absolute atomic E-state index is 13.1. The van der Waals surface area contributed by atoms with Gasteiger partial charge in [0.25, 0.3) is 10.0 Å². The van der Waals surface area contributed by atoms with Gasteiger partial charge < -0.3 is 0 Å². The molecule has 0 radical (unpaired) electrons. The maximum Gasteiger partial charge on any atom is 0.279 e. The zero-order chi connectivity index (χ0) is 18.0. The standard InChI is InChI=1S/C20H22N2O2S/c1-15-9-11-19(12-10-15)25(23,24)22-17(3)13-16(2)14-20(21-22)18-7-5-4-6-8-18/h4-12,14,17H,13H2,1-3H3. The summed E-state index contributed by atoms with van der Waals surface area (Å²) in [5.74, 6) is 0. The van der Waals surface area contributed by atoms with Crippen molar-refractivity contribution in [1.82, 2.24) is 4.41 Å². The van der Waals surface area contributed by atoms with Crippen molar-refractivity contribution in [3.05, 3.63) is 77.4 Å². The predicted molar refractivity (Wildman–Crippen MR) is 101 cm³/mol. The second kappa shape index (κ2) is 6.84. The summed E-state index contributed by atoms with van der Waals surface area (Å²) in [6, 6.07) is 16.3. The number of rotatable bonds is 3. The number of benzene rings is 2. The van der Waals surface area contributed by atoms with E-state index >= 15 is 0 Å². The van der Waals surface area contributed by atoms with Crippen LogP contribution in [0.1, 0.15) is 31.4 Å². The molecule has 1 aliphatic rings. The number of aryl methyl sites for hydroxylation is 1.